The molecule has 2 amide bonds. The Balaban J connectivity index is 1.64. The predicted molar refractivity (Wildman–Crippen MR) is 89.8 cm³/mol. The molecule has 0 atom stereocenters. The molecule has 0 unspecified atom stereocenters. The average molecular weight is 325 g/mol. The second kappa shape index (κ2) is 6.95. The Morgan fingerprint density at radius 1 is 1.25 bits per heavy atom. The van der Waals surface area contributed by atoms with Gasteiger partial charge in [-0.15, -0.1) is 5.10 Å². The standard InChI is InChI=1S/C16H19N7O/c1-3-14-19-15(21-22(14)2)20-16(24)17-11-12-7-4-5-8-13(12)23-10-6-9-18-23/h4-10H,3,11H2,1-2H3,(H2,17,20,21,24). The van der Waals surface area contributed by atoms with Crippen LogP contribution in [0.5, 0.6) is 0 Å². The first kappa shape index (κ1) is 15.7. The largest absolute Gasteiger partial charge is 0.334 e. The van der Waals surface area contributed by atoms with Gasteiger partial charge in [0.15, 0.2) is 0 Å². The molecule has 0 saturated heterocycles. The first-order chi connectivity index (χ1) is 11.7. The van der Waals surface area contributed by atoms with Crippen molar-refractivity contribution >= 4 is 12.0 Å². The van der Waals surface area contributed by atoms with Gasteiger partial charge in [-0.2, -0.15) is 10.1 Å². The number of nitrogens with one attached hydrogen (secondary N) is 2. The number of amides is 2. The number of hydrogen-bond donors (Lipinski definition) is 2. The monoisotopic (exact) mass is 325 g/mol. The van der Waals surface area contributed by atoms with Crippen LogP contribution in [0.1, 0.15) is 18.3 Å². The number of aromatic nitrogens is 5. The maximum Gasteiger partial charge on any atom is 0.321 e. The number of rotatable bonds is 5. The summed E-state index contributed by atoms with van der Waals surface area (Å²) >= 11 is 0. The van der Waals surface area contributed by atoms with Gasteiger partial charge in [0.1, 0.15) is 5.82 Å². The Labute approximate surface area is 139 Å². The number of carbonyl (C=O) groups excluding carboxylic acids is 1. The topological polar surface area (TPSA) is 89.7 Å². The number of benzene rings is 1. The molecule has 2 heterocycles. The van der Waals surface area contributed by atoms with Crippen molar-refractivity contribution in [2.75, 3.05) is 5.32 Å². The van der Waals surface area contributed by atoms with E-state index in [1.807, 2.05) is 43.5 Å². The molecule has 0 aliphatic rings. The first-order valence-corrected chi connectivity index (χ1v) is 7.70. The van der Waals surface area contributed by atoms with Crippen molar-refractivity contribution in [3.63, 3.8) is 0 Å². The van der Waals surface area contributed by atoms with Crippen molar-refractivity contribution in [3.05, 3.63) is 54.1 Å². The summed E-state index contributed by atoms with van der Waals surface area (Å²) in [7, 11) is 1.80. The number of hydrogen-bond acceptors (Lipinski definition) is 4. The van der Waals surface area contributed by atoms with Gasteiger partial charge in [0.05, 0.1) is 5.69 Å². The quantitative estimate of drug-likeness (QED) is 0.749. The van der Waals surface area contributed by atoms with Crippen LogP contribution < -0.4 is 10.6 Å². The first-order valence-electron chi connectivity index (χ1n) is 7.70. The SMILES string of the molecule is CCc1nc(NC(=O)NCc2ccccc2-n2cccn2)nn1C. The third-order valence-electron chi connectivity index (χ3n) is 3.58. The van der Waals surface area contributed by atoms with E-state index >= 15 is 0 Å². The minimum Gasteiger partial charge on any atom is -0.334 e. The summed E-state index contributed by atoms with van der Waals surface area (Å²) in [4.78, 5) is 16.3. The molecule has 24 heavy (non-hydrogen) atoms. The summed E-state index contributed by atoms with van der Waals surface area (Å²) in [5, 5.41) is 13.8. The number of urea groups is 1. The van der Waals surface area contributed by atoms with E-state index in [9.17, 15) is 4.79 Å². The molecule has 1 aromatic carbocycles. The Hall–Kier alpha value is -3.16. The van der Waals surface area contributed by atoms with Gasteiger partial charge in [0.25, 0.3) is 0 Å². The molecule has 0 aliphatic carbocycles. The minimum absolute atomic E-state index is 0.298. The van der Waals surface area contributed by atoms with Crippen LogP contribution in [-0.2, 0) is 20.0 Å². The molecule has 124 valence electrons. The van der Waals surface area contributed by atoms with Gasteiger partial charge in [-0.3, -0.25) is 10.00 Å². The molecule has 2 N–H and O–H groups in total. The third-order valence-corrected chi connectivity index (χ3v) is 3.58. The third kappa shape index (κ3) is 3.43. The summed E-state index contributed by atoms with van der Waals surface area (Å²) < 4.78 is 3.42. The van der Waals surface area contributed by atoms with Crippen LogP contribution >= 0.6 is 0 Å². The molecule has 2 aromatic heterocycles. The van der Waals surface area contributed by atoms with E-state index in [2.05, 4.69) is 25.8 Å². The number of anilines is 1. The van der Waals surface area contributed by atoms with Gasteiger partial charge in [-0.1, -0.05) is 25.1 Å². The molecule has 3 rings (SSSR count). The lowest BCUT2D eigenvalue weighted by Crippen LogP contribution is -2.29. The van der Waals surface area contributed by atoms with E-state index in [4.69, 9.17) is 0 Å². The van der Waals surface area contributed by atoms with Crippen LogP contribution in [0.25, 0.3) is 5.69 Å². The summed E-state index contributed by atoms with van der Waals surface area (Å²) in [6.07, 6.45) is 4.34. The molecular weight excluding hydrogens is 306 g/mol. The summed E-state index contributed by atoms with van der Waals surface area (Å²) in [6.45, 7) is 2.36. The number of nitrogens with zero attached hydrogens (tertiary/aromatic N) is 5. The molecule has 0 saturated carbocycles. The van der Waals surface area contributed by atoms with Crippen LogP contribution in [0.2, 0.25) is 0 Å². The van der Waals surface area contributed by atoms with Crippen molar-refractivity contribution in [1.82, 2.24) is 29.9 Å². The van der Waals surface area contributed by atoms with Gasteiger partial charge >= 0.3 is 6.03 Å². The van der Waals surface area contributed by atoms with Crippen LogP contribution in [-0.4, -0.2) is 30.6 Å². The van der Waals surface area contributed by atoms with Crippen molar-refractivity contribution < 1.29 is 4.79 Å². The van der Waals surface area contributed by atoms with Gasteiger partial charge < -0.3 is 5.32 Å². The molecule has 0 radical (unpaired) electrons. The highest BCUT2D eigenvalue weighted by molar-refractivity contribution is 5.87. The molecule has 0 aliphatic heterocycles. The fraction of sp³-hybridized carbons (Fsp3) is 0.250. The zero-order valence-electron chi connectivity index (χ0n) is 13.6. The van der Waals surface area contributed by atoms with Gasteiger partial charge in [-0.05, 0) is 17.7 Å². The lowest BCUT2D eigenvalue weighted by Gasteiger charge is -2.10. The molecule has 3 aromatic rings. The molecule has 0 spiro atoms. The second-order valence-corrected chi connectivity index (χ2v) is 5.22. The van der Waals surface area contributed by atoms with Crippen LogP contribution in [0, 0.1) is 0 Å². The maximum absolute atomic E-state index is 12.1. The smallest absolute Gasteiger partial charge is 0.321 e. The molecular formula is C16H19N7O. The van der Waals surface area contributed by atoms with Gasteiger partial charge in [0, 0.05) is 32.4 Å². The normalized spacial score (nSPS) is 10.6. The van der Waals surface area contributed by atoms with Crippen LogP contribution in [0.15, 0.2) is 42.7 Å². The molecule has 0 fully saturated rings. The lowest BCUT2D eigenvalue weighted by molar-refractivity contribution is 0.251. The fourth-order valence-corrected chi connectivity index (χ4v) is 2.39. The van der Waals surface area contributed by atoms with E-state index in [-0.39, 0.29) is 6.03 Å². The molecule has 8 heteroatoms. The highest BCUT2D eigenvalue weighted by atomic mass is 16.2. The highest BCUT2D eigenvalue weighted by Gasteiger charge is 2.10. The Morgan fingerprint density at radius 3 is 2.79 bits per heavy atom. The van der Waals surface area contributed by atoms with E-state index in [0.717, 1.165) is 23.5 Å². The summed E-state index contributed by atoms with van der Waals surface area (Å²) in [6, 6.07) is 9.27. The average Bonchev–Trinajstić information content (AvgIpc) is 3.23. The van der Waals surface area contributed by atoms with Crippen molar-refractivity contribution in [1.29, 1.82) is 0 Å². The van der Waals surface area contributed by atoms with E-state index in [1.54, 1.807) is 22.6 Å². The zero-order valence-corrected chi connectivity index (χ0v) is 13.6. The van der Waals surface area contributed by atoms with E-state index < -0.39 is 0 Å². The molecule has 0 bridgehead atoms. The van der Waals surface area contributed by atoms with Gasteiger partial charge in [0.2, 0.25) is 5.95 Å². The van der Waals surface area contributed by atoms with Crippen LogP contribution in [0.4, 0.5) is 10.7 Å². The summed E-state index contributed by atoms with van der Waals surface area (Å²) in [5.74, 6) is 1.11. The Kier molecular flexibility index (Phi) is 4.55. The zero-order chi connectivity index (χ0) is 16.9. The minimum atomic E-state index is -0.349. The van der Waals surface area contributed by atoms with E-state index in [0.29, 0.717) is 12.5 Å². The Bertz CT molecular complexity index is 823. The van der Waals surface area contributed by atoms with Crippen molar-refractivity contribution in [2.45, 2.75) is 19.9 Å². The number of para-hydroxylation sites is 1. The number of aryl methyl sites for hydroxylation is 2. The Morgan fingerprint density at radius 2 is 2.08 bits per heavy atom. The van der Waals surface area contributed by atoms with Crippen molar-refractivity contribution in [3.8, 4) is 5.69 Å². The lowest BCUT2D eigenvalue weighted by atomic mass is 10.2. The maximum atomic E-state index is 12.1. The molecule has 8 nitrogen and oxygen atoms in total. The summed E-state index contributed by atoms with van der Waals surface area (Å²) in [5.41, 5.74) is 1.88. The highest BCUT2D eigenvalue weighted by Crippen LogP contribution is 2.13. The van der Waals surface area contributed by atoms with Gasteiger partial charge in [-0.25, -0.2) is 9.48 Å². The van der Waals surface area contributed by atoms with Crippen molar-refractivity contribution in [2.24, 2.45) is 7.05 Å². The van der Waals surface area contributed by atoms with Crippen LogP contribution in [0.3, 0.4) is 0 Å². The second-order valence-electron chi connectivity index (χ2n) is 5.22. The predicted octanol–water partition coefficient (Wildman–Crippen LogP) is 1.88. The van der Waals surface area contributed by atoms with E-state index in [1.165, 1.54) is 0 Å². The fourth-order valence-electron chi connectivity index (χ4n) is 2.39. The number of carbonyl (C=O) groups is 1.